The minimum absolute atomic E-state index is 0.273. The molecule has 0 atom stereocenters. The highest BCUT2D eigenvalue weighted by Gasteiger charge is 2.22. The first-order valence-electron chi connectivity index (χ1n) is 11.2. The van der Waals surface area contributed by atoms with Crippen molar-refractivity contribution in [1.29, 1.82) is 5.26 Å². The molecule has 2 heterocycles. The van der Waals surface area contributed by atoms with Crippen LogP contribution in [0.4, 0.5) is 4.39 Å². The van der Waals surface area contributed by atoms with Gasteiger partial charge in [-0.1, -0.05) is 18.2 Å². The summed E-state index contributed by atoms with van der Waals surface area (Å²) in [5.41, 5.74) is 7.69. The van der Waals surface area contributed by atoms with Crippen LogP contribution in [0.2, 0.25) is 0 Å². The lowest BCUT2D eigenvalue weighted by Gasteiger charge is -2.14. The van der Waals surface area contributed by atoms with Gasteiger partial charge in [-0.05, 0) is 47.9 Å². The minimum atomic E-state index is -0.376. The molecule has 0 aliphatic carbocycles. The van der Waals surface area contributed by atoms with Crippen molar-refractivity contribution in [2.24, 2.45) is 0 Å². The summed E-state index contributed by atoms with van der Waals surface area (Å²) in [6.45, 7) is 3.08. The molecule has 0 saturated heterocycles. The fourth-order valence-electron chi connectivity index (χ4n) is 4.68. The number of fused-ring (bicyclic) bond motifs is 3. The van der Waals surface area contributed by atoms with Crippen molar-refractivity contribution in [2.75, 3.05) is 14.2 Å². The maximum Gasteiger partial charge on any atom is 0.146 e. The summed E-state index contributed by atoms with van der Waals surface area (Å²) in [5, 5.41) is 9.67. The maximum absolute atomic E-state index is 13.9. The van der Waals surface area contributed by atoms with Crippen molar-refractivity contribution >= 4 is 16.6 Å². The van der Waals surface area contributed by atoms with Crippen LogP contribution in [0.1, 0.15) is 34.7 Å². The molecule has 35 heavy (non-hydrogen) atoms. The first-order valence-corrected chi connectivity index (χ1v) is 11.2. The predicted octanol–water partition coefficient (Wildman–Crippen LogP) is 5.62. The van der Waals surface area contributed by atoms with E-state index in [1.807, 2.05) is 24.3 Å². The molecule has 0 saturated carbocycles. The lowest BCUT2D eigenvalue weighted by Crippen LogP contribution is -2.04. The zero-order valence-electron chi connectivity index (χ0n) is 19.8. The van der Waals surface area contributed by atoms with E-state index in [1.165, 1.54) is 12.1 Å². The number of ether oxygens (including phenoxy) is 3. The predicted molar refractivity (Wildman–Crippen MR) is 131 cm³/mol. The summed E-state index contributed by atoms with van der Waals surface area (Å²) in [6, 6.07) is 16.7. The van der Waals surface area contributed by atoms with Gasteiger partial charge in [0, 0.05) is 42.0 Å². The number of methoxy groups -OCH3 is 2. The summed E-state index contributed by atoms with van der Waals surface area (Å²) in [5.74, 6) is 0.767. The number of nitrogens with zero attached hydrogens (tertiary/aromatic N) is 3. The van der Waals surface area contributed by atoms with Gasteiger partial charge in [-0.3, -0.25) is 0 Å². The number of hydrogen-bond acceptors (Lipinski definition) is 5. The molecule has 3 aromatic carbocycles. The topological polar surface area (TPSA) is 69.3 Å². The molecule has 7 heteroatoms. The fraction of sp³-hybridized carbons (Fsp3) is 0.214. The third-order valence-electron chi connectivity index (χ3n) is 6.26. The zero-order valence-corrected chi connectivity index (χ0v) is 19.8. The van der Waals surface area contributed by atoms with Crippen molar-refractivity contribution in [3.63, 3.8) is 0 Å². The Labute approximate surface area is 202 Å². The Kier molecular flexibility index (Phi) is 5.98. The SMILES string of the molecule is COCc1ccc(OC)c2ncn(Cc3ccc4c(c3)COc3cc(F)ccc3/C4=C(\C)C#N)c12. The first kappa shape index (κ1) is 22.6. The van der Waals surface area contributed by atoms with Crippen LogP contribution in [0.3, 0.4) is 0 Å². The second kappa shape index (κ2) is 9.24. The summed E-state index contributed by atoms with van der Waals surface area (Å²) in [7, 11) is 3.30. The van der Waals surface area contributed by atoms with E-state index < -0.39 is 0 Å². The second-order valence-electron chi connectivity index (χ2n) is 8.46. The average molecular weight is 470 g/mol. The first-order chi connectivity index (χ1) is 17.0. The van der Waals surface area contributed by atoms with E-state index in [0.717, 1.165) is 38.9 Å². The highest BCUT2D eigenvalue weighted by atomic mass is 19.1. The van der Waals surface area contributed by atoms with Gasteiger partial charge in [-0.2, -0.15) is 5.26 Å². The Bertz CT molecular complexity index is 1510. The Morgan fingerprint density at radius 3 is 2.74 bits per heavy atom. The van der Waals surface area contributed by atoms with Crippen LogP contribution < -0.4 is 9.47 Å². The van der Waals surface area contributed by atoms with E-state index in [-0.39, 0.29) is 12.4 Å². The molecule has 0 unspecified atom stereocenters. The molecule has 1 aliphatic rings. The van der Waals surface area contributed by atoms with Crippen LogP contribution in [-0.2, 0) is 24.5 Å². The van der Waals surface area contributed by atoms with E-state index in [0.29, 0.717) is 35.8 Å². The van der Waals surface area contributed by atoms with Crippen molar-refractivity contribution in [1.82, 2.24) is 9.55 Å². The Balaban J connectivity index is 1.58. The van der Waals surface area contributed by atoms with Gasteiger partial charge in [-0.25, -0.2) is 9.37 Å². The maximum atomic E-state index is 13.9. The van der Waals surface area contributed by atoms with Crippen LogP contribution in [0.15, 0.2) is 60.4 Å². The van der Waals surface area contributed by atoms with Crippen LogP contribution in [0.5, 0.6) is 11.5 Å². The summed E-state index contributed by atoms with van der Waals surface area (Å²) < 4.78 is 32.9. The van der Waals surface area contributed by atoms with Crippen LogP contribution in [-0.4, -0.2) is 23.8 Å². The van der Waals surface area contributed by atoms with Crippen LogP contribution in [0, 0.1) is 17.1 Å². The molecule has 0 bridgehead atoms. The van der Waals surface area contributed by atoms with Gasteiger partial charge in [0.1, 0.15) is 29.4 Å². The highest BCUT2D eigenvalue weighted by Crippen LogP contribution is 2.39. The summed E-state index contributed by atoms with van der Waals surface area (Å²) in [6.07, 6.45) is 1.80. The number of benzene rings is 3. The van der Waals surface area contributed by atoms with Crippen molar-refractivity contribution < 1.29 is 18.6 Å². The lowest BCUT2D eigenvalue weighted by molar-refractivity contribution is 0.185. The van der Waals surface area contributed by atoms with Crippen LogP contribution in [0.25, 0.3) is 16.6 Å². The summed E-state index contributed by atoms with van der Waals surface area (Å²) >= 11 is 0. The molecule has 176 valence electrons. The Hall–Kier alpha value is -4.15. The molecule has 4 aromatic rings. The van der Waals surface area contributed by atoms with Crippen molar-refractivity contribution in [3.8, 4) is 17.6 Å². The third kappa shape index (κ3) is 4.02. The quantitative estimate of drug-likeness (QED) is 0.355. The number of rotatable bonds is 5. The standard InChI is InChI=1S/C28H24FN3O3/c1-17(12-30)26-22-7-4-18(10-20(22)15-35-25-11-21(29)6-8-23(25)26)13-32-16-31-27-24(34-3)9-5-19(14-33-2)28(27)32/h4-11,16H,13-15H2,1-3H3/b26-17+. The third-order valence-corrected chi connectivity index (χ3v) is 6.26. The number of imidazole rings is 1. The van der Waals surface area contributed by atoms with Gasteiger partial charge >= 0.3 is 0 Å². The largest absolute Gasteiger partial charge is 0.494 e. The van der Waals surface area contributed by atoms with Crippen molar-refractivity contribution in [3.05, 3.63) is 94.1 Å². The molecular weight excluding hydrogens is 445 g/mol. The molecule has 5 rings (SSSR count). The smallest absolute Gasteiger partial charge is 0.146 e. The monoisotopic (exact) mass is 469 g/mol. The highest BCUT2D eigenvalue weighted by molar-refractivity contribution is 5.88. The average Bonchev–Trinajstić information content (AvgIpc) is 3.21. The van der Waals surface area contributed by atoms with E-state index in [1.54, 1.807) is 33.5 Å². The number of aromatic nitrogens is 2. The van der Waals surface area contributed by atoms with Gasteiger partial charge in [0.25, 0.3) is 0 Å². The zero-order chi connectivity index (χ0) is 24.5. The van der Waals surface area contributed by atoms with Gasteiger partial charge in [0.15, 0.2) is 0 Å². The molecule has 0 fully saturated rings. The number of hydrogen-bond donors (Lipinski definition) is 0. The fourth-order valence-corrected chi connectivity index (χ4v) is 4.68. The molecular formula is C28H24FN3O3. The van der Waals surface area contributed by atoms with Gasteiger partial charge in [0.05, 0.1) is 31.6 Å². The molecule has 0 N–H and O–H groups in total. The summed E-state index contributed by atoms with van der Waals surface area (Å²) in [4.78, 5) is 4.59. The van der Waals surface area contributed by atoms with E-state index in [9.17, 15) is 9.65 Å². The van der Waals surface area contributed by atoms with Gasteiger partial charge < -0.3 is 18.8 Å². The van der Waals surface area contributed by atoms with Gasteiger partial charge in [-0.15, -0.1) is 0 Å². The molecule has 1 aliphatic heterocycles. The molecule has 6 nitrogen and oxygen atoms in total. The van der Waals surface area contributed by atoms with E-state index >= 15 is 0 Å². The molecule has 1 aromatic heterocycles. The molecule has 0 amide bonds. The van der Waals surface area contributed by atoms with Gasteiger partial charge in [0.2, 0.25) is 0 Å². The Morgan fingerprint density at radius 2 is 1.97 bits per heavy atom. The normalized spacial score (nSPS) is 13.9. The lowest BCUT2D eigenvalue weighted by atomic mass is 9.90. The number of allylic oxidation sites excluding steroid dienone is 1. The number of halogens is 1. The van der Waals surface area contributed by atoms with Crippen LogP contribution >= 0.6 is 0 Å². The van der Waals surface area contributed by atoms with Crippen molar-refractivity contribution in [2.45, 2.75) is 26.7 Å². The van der Waals surface area contributed by atoms with E-state index in [4.69, 9.17) is 14.2 Å². The molecule has 0 spiro atoms. The second-order valence-corrected chi connectivity index (χ2v) is 8.46. The number of nitriles is 1. The van der Waals surface area contributed by atoms with E-state index in [2.05, 4.69) is 21.7 Å². The molecule has 0 radical (unpaired) electrons. The Morgan fingerprint density at radius 1 is 1.14 bits per heavy atom. The minimum Gasteiger partial charge on any atom is -0.494 e.